The molecule has 140 valence electrons. The molecular weight excluding hydrogens is 359 g/mol. The van der Waals surface area contributed by atoms with Crippen molar-refractivity contribution in [3.63, 3.8) is 0 Å². The largest absolute Gasteiger partial charge is 0.496 e. The van der Waals surface area contributed by atoms with E-state index in [9.17, 15) is 24.1 Å². The van der Waals surface area contributed by atoms with Crippen LogP contribution in [-0.4, -0.2) is 30.5 Å². The Bertz CT molecular complexity index is 897. The summed E-state index contributed by atoms with van der Waals surface area (Å²) in [6.45, 7) is -0.663. The SMILES string of the molecule is COc1ccc(NC(=O)COC(=O)/C=C/c2ccccc2F)c([N+](=O)[O-])c1. The summed E-state index contributed by atoms with van der Waals surface area (Å²) < 4.78 is 23.0. The summed E-state index contributed by atoms with van der Waals surface area (Å²) in [7, 11) is 1.35. The number of hydrogen-bond acceptors (Lipinski definition) is 6. The van der Waals surface area contributed by atoms with E-state index in [1.807, 2.05) is 0 Å². The zero-order valence-corrected chi connectivity index (χ0v) is 14.2. The Morgan fingerprint density at radius 1 is 1.26 bits per heavy atom. The average Bonchev–Trinajstić information content (AvgIpc) is 2.65. The normalized spacial score (nSPS) is 10.4. The highest BCUT2D eigenvalue weighted by Crippen LogP contribution is 2.28. The third-order valence-electron chi connectivity index (χ3n) is 3.33. The highest BCUT2D eigenvalue weighted by Gasteiger charge is 2.17. The molecule has 8 nitrogen and oxygen atoms in total. The van der Waals surface area contributed by atoms with Crippen LogP contribution < -0.4 is 10.1 Å². The van der Waals surface area contributed by atoms with Crippen LogP contribution in [0.3, 0.4) is 0 Å². The van der Waals surface area contributed by atoms with Gasteiger partial charge >= 0.3 is 5.97 Å². The lowest BCUT2D eigenvalue weighted by atomic mass is 10.2. The number of hydrogen-bond donors (Lipinski definition) is 1. The quantitative estimate of drug-likeness (QED) is 0.345. The Morgan fingerprint density at radius 3 is 2.67 bits per heavy atom. The molecule has 0 aliphatic carbocycles. The minimum atomic E-state index is -0.863. The maximum absolute atomic E-state index is 13.4. The molecule has 0 radical (unpaired) electrons. The number of carbonyl (C=O) groups excluding carboxylic acids is 2. The Hall–Kier alpha value is -3.75. The van der Waals surface area contributed by atoms with Gasteiger partial charge in [-0.1, -0.05) is 18.2 Å². The van der Waals surface area contributed by atoms with Crippen molar-refractivity contribution in [2.24, 2.45) is 0 Å². The lowest BCUT2D eigenvalue weighted by molar-refractivity contribution is -0.384. The first-order valence-electron chi connectivity index (χ1n) is 7.62. The van der Waals surface area contributed by atoms with Crippen LogP contribution in [0.25, 0.3) is 6.08 Å². The van der Waals surface area contributed by atoms with Gasteiger partial charge in [-0.2, -0.15) is 0 Å². The van der Waals surface area contributed by atoms with Crippen LogP contribution in [0.1, 0.15) is 5.56 Å². The summed E-state index contributed by atoms with van der Waals surface area (Å²) in [6, 6.07) is 9.70. The number of nitro benzene ring substituents is 1. The van der Waals surface area contributed by atoms with Crippen molar-refractivity contribution in [3.8, 4) is 5.75 Å². The molecule has 2 aromatic carbocycles. The molecule has 0 spiro atoms. The van der Waals surface area contributed by atoms with E-state index in [1.165, 1.54) is 43.5 Å². The third-order valence-corrected chi connectivity index (χ3v) is 3.33. The van der Waals surface area contributed by atoms with E-state index < -0.39 is 29.2 Å². The second-order valence-electron chi connectivity index (χ2n) is 5.15. The van der Waals surface area contributed by atoms with Crippen molar-refractivity contribution >= 4 is 29.3 Å². The number of ether oxygens (including phenoxy) is 2. The van der Waals surface area contributed by atoms with E-state index in [0.29, 0.717) is 0 Å². The molecule has 0 aliphatic heterocycles. The van der Waals surface area contributed by atoms with Gasteiger partial charge in [0, 0.05) is 11.6 Å². The molecule has 0 saturated carbocycles. The smallest absolute Gasteiger partial charge is 0.331 e. The van der Waals surface area contributed by atoms with Gasteiger partial charge in [0.05, 0.1) is 18.1 Å². The molecule has 0 aromatic heterocycles. The number of esters is 1. The van der Waals surface area contributed by atoms with E-state index in [4.69, 9.17) is 9.47 Å². The maximum atomic E-state index is 13.4. The number of rotatable bonds is 7. The van der Waals surface area contributed by atoms with Gasteiger partial charge < -0.3 is 14.8 Å². The molecule has 0 unspecified atom stereocenters. The summed E-state index contributed by atoms with van der Waals surface area (Å²) in [5, 5.41) is 13.3. The minimum absolute atomic E-state index is 0.0660. The van der Waals surface area contributed by atoms with Gasteiger partial charge in [-0.3, -0.25) is 14.9 Å². The fourth-order valence-electron chi connectivity index (χ4n) is 2.03. The van der Waals surface area contributed by atoms with Crippen LogP contribution in [0.15, 0.2) is 48.5 Å². The summed E-state index contributed by atoms with van der Waals surface area (Å²) in [6.07, 6.45) is 2.19. The van der Waals surface area contributed by atoms with Crippen molar-refractivity contribution in [2.75, 3.05) is 19.0 Å². The van der Waals surface area contributed by atoms with Gasteiger partial charge in [-0.05, 0) is 24.3 Å². The Kier molecular flexibility index (Phi) is 6.59. The van der Waals surface area contributed by atoms with Crippen molar-refractivity contribution in [3.05, 3.63) is 70.0 Å². The van der Waals surface area contributed by atoms with E-state index in [1.54, 1.807) is 6.07 Å². The Balaban J connectivity index is 1.94. The molecule has 2 rings (SSSR count). The van der Waals surface area contributed by atoms with Gasteiger partial charge in [-0.25, -0.2) is 9.18 Å². The maximum Gasteiger partial charge on any atom is 0.331 e. The number of halogens is 1. The molecule has 0 aliphatic rings. The molecule has 1 N–H and O–H groups in total. The molecule has 2 aromatic rings. The first-order chi connectivity index (χ1) is 12.9. The highest BCUT2D eigenvalue weighted by molar-refractivity contribution is 5.96. The minimum Gasteiger partial charge on any atom is -0.496 e. The van der Waals surface area contributed by atoms with Gasteiger partial charge in [0.25, 0.3) is 11.6 Å². The molecular formula is C18H15FN2O6. The molecule has 0 heterocycles. The first-order valence-corrected chi connectivity index (χ1v) is 7.62. The molecule has 27 heavy (non-hydrogen) atoms. The summed E-state index contributed by atoms with van der Waals surface area (Å²) >= 11 is 0. The van der Waals surface area contributed by atoms with Gasteiger partial charge in [0.2, 0.25) is 0 Å². The van der Waals surface area contributed by atoms with Crippen molar-refractivity contribution in [1.82, 2.24) is 0 Å². The fourth-order valence-corrected chi connectivity index (χ4v) is 2.03. The van der Waals surface area contributed by atoms with Gasteiger partial charge in [0.15, 0.2) is 6.61 Å². The lowest BCUT2D eigenvalue weighted by Crippen LogP contribution is -2.20. The summed E-state index contributed by atoms with van der Waals surface area (Å²) in [5.74, 6) is -1.89. The predicted molar refractivity (Wildman–Crippen MR) is 94.7 cm³/mol. The van der Waals surface area contributed by atoms with Gasteiger partial charge in [-0.15, -0.1) is 0 Å². The molecule has 0 atom stereocenters. The van der Waals surface area contributed by atoms with Crippen LogP contribution in [0, 0.1) is 15.9 Å². The zero-order valence-electron chi connectivity index (χ0n) is 14.2. The molecule has 0 saturated heterocycles. The molecule has 1 amide bonds. The molecule has 9 heteroatoms. The number of benzene rings is 2. The standard InChI is InChI=1S/C18H15FN2O6/c1-26-13-7-8-15(16(10-13)21(24)25)20-17(22)11-27-18(23)9-6-12-4-2-3-5-14(12)19/h2-10H,11H2,1H3,(H,20,22)/b9-6+. The van der Waals surface area contributed by atoms with Crippen LogP contribution in [0.4, 0.5) is 15.8 Å². The molecule has 0 fully saturated rings. The number of carbonyl (C=O) groups is 2. The number of nitrogens with one attached hydrogen (secondary N) is 1. The van der Waals surface area contributed by atoms with Crippen LogP contribution in [0.2, 0.25) is 0 Å². The van der Waals surface area contributed by atoms with Crippen LogP contribution in [-0.2, 0) is 14.3 Å². The number of nitrogens with zero attached hydrogens (tertiary/aromatic N) is 1. The summed E-state index contributed by atoms with van der Waals surface area (Å²) in [5.41, 5.74) is -0.245. The average molecular weight is 374 g/mol. The van der Waals surface area contributed by atoms with E-state index in [0.717, 1.165) is 12.1 Å². The monoisotopic (exact) mass is 374 g/mol. The number of nitro groups is 1. The topological polar surface area (TPSA) is 108 Å². The highest BCUT2D eigenvalue weighted by atomic mass is 19.1. The van der Waals surface area contributed by atoms with Crippen molar-refractivity contribution < 1.29 is 28.4 Å². The number of anilines is 1. The number of methoxy groups -OCH3 is 1. The Morgan fingerprint density at radius 2 is 2.00 bits per heavy atom. The van der Waals surface area contributed by atoms with E-state index in [2.05, 4.69) is 5.32 Å². The van der Waals surface area contributed by atoms with Crippen molar-refractivity contribution in [1.29, 1.82) is 0 Å². The van der Waals surface area contributed by atoms with E-state index >= 15 is 0 Å². The predicted octanol–water partition coefficient (Wildman–Crippen LogP) is 2.94. The Labute approximate surface area is 153 Å². The van der Waals surface area contributed by atoms with Gasteiger partial charge in [0.1, 0.15) is 17.3 Å². The van der Waals surface area contributed by atoms with E-state index in [-0.39, 0.29) is 22.7 Å². The van der Waals surface area contributed by atoms with Crippen LogP contribution in [0.5, 0.6) is 5.75 Å². The molecule has 0 bridgehead atoms. The second kappa shape index (κ2) is 9.09. The lowest BCUT2D eigenvalue weighted by Gasteiger charge is -2.07. The fraction of sp³-hybridized carbons (Fsp3) is 0.111. The summed E-state index contributed by atoms with van der Waals surface area (Å²) in [4.78, 5) is 33.8. The van der Waals surface area contributed by atoms with Crippen molar-refractivity contribution in [2.45, 2.75) is 0 Å². The third kappa shape index (κ3) is 5.63. The number of amides is 1. The van der Waals surface area contributed by atoms with Crippen LogP contribution >= 0.6 is 0 Å². The zero-order chi connectivity index (χ0) is 19.8. The first kappa shape index (κ1) is 19.6. The second-order valence-corrected chi connectivity index (χ2v) is 5.15.